The van der Waals surface area contributed by atoms with Crippen LogP contribution in [0.4, 0.5) is 0 Å². The number of rotatable bonds is 3. The highest BCUT2D eigenvalue weighted by Gasteiger charge is 2.09. The van der Waals surface area contributed by atoms with Crippen molar-refractivity contribution in [1.82, 2.24) is 0 Å². The number of Topliss-reactive ketones (excluding diaryl/α,β-unsaturated/α-hetero) is 1. The molecule has 0 aromatic carbocycles. The molecule has 3 heteroatoms. The molecule has 0 aliphatic heterocycles. The molecule has 0 saturated carbocycles. The van der Waals surface area contributed by atoms with E-state index in [0.717, 1.165) is 11.3 Å². The quantitative estimate of drug-likeness (QED) is 0.579. The molecule has 0 aliphatic carbocycles. The van der Waals surface area contributed by atoms with Gasteiger partial charge in [-0.15, -0.1) is 11.3 Å². The molecule has 0 N–H and O–H groups in total. The van der Waals surface area contributed by atoms with Crippen molar-refractivity contribution in [3.63, 3.8) is 0 Å². The van der Waals surface area contributed by atoms with Crippen molar-refractivity contribution in [3.05, 3.63) is 21.9 Å². The molecule has 0 aliphatic rings. The maximum Gasteiger partial charge on any atom is 0.183 e. The normalized spacial score (nSPS) is 10.0. The average Bonchev–Trinajstić information content (AvgIpc) is 2.50. The van der Waals surface area contributed by atoms with Crippen LogP contribution in [0, 0.1) is 0 Å². The maximum absolute atomic E-state index is 11.2. The van der Waals surface area contributed by atoms with Crippen LogP contribution in [-0.2, 0) is 6.42 Å². The molecule has 0 fully saturated rings. The summed E-state index contributed by atoms with van der Waals surface area (Å²) in [6.07, 6.45) is 0.942. The SMILES string of the molecule is CCc1ccsc1C(=O)CBr. The summed E-state index contributed by atoms with van der Waals surface area (Å²) in [4.78, 5) is 12.1. The summed E-state index contributed by atoms with van der Waals surface area (Å²) >= 11 is 4.68. The lowest BCUT2D eigenvalue weighted by Gasteiger charge is -1.95. The zero-order chi connectivity index (χ0) is 8.27. The maximum atomic E-state index is 11.2. The van der Waals surface area contributed by atoms with Gasteiger partial charge in [-0.25, -0.2) is 0 Å². The second-order valence-electron chi connectivity index (χ2n) is 2.19. The van der Waals surface area contributed by atoms with Gasteiger partial charge >= 0.3 is 0 Å². The van der Waals surface area contributed by atoms with E-state index in [9.17, 15) is 4.79 Å². The van der Waals surface area contributed by atoms with E-state index in [0.29, 0.717) is 5.33 Å². The van der Waals surface area contributed by atoms with Crippen LogP contribution in [0.2, 0.25) is 0 Å². The first-order valence-corrected chi connectivity index (χ1v) is 5.45. The number of carbonyl (C=O) groups is 1. The Balaban J connectivity index is 2.92. The van der Waals surface area contributed by atoms with E-state index in [1.165, 1.54) is 16.9 Å². The third kappa shape index (κ3) is 1.91. The molecule has 0 radical (unpaired) electrons. The number of halogens is 1. The molecule has 11 heavy (non-hydrogen) atoms. The first-order valence-electron chi connectivity index (χ1n) is 3.45. The Bertz CT molecular complexity index is 254. The molecule has 1 nitrogen and oxygen atoms in total. The van der Waals surface area contributed by atoms with Crippen molar-refractivity contribution in [2.24, 2.45) is 0 Å². The Labute approximate surface area is 78.6 Å². The number of ketones is 1. The largest absolute Gasteiger partial charge is 0.292 e. The van der Waals surface area contributed by atoms with E-state index in [1.54, 1.807) is 0 Å². The fraction of sp³-hybridized carbons (Fsp3) is 0.375. The van der Waals surface area contributed by atoms with Gasteiger partial charge in [-0.05, 0) is 23.4 Å². The molecular formula is C8H9BrOS. The predicted octanol–water partition coefficient (Wildman–Crippen LogP) is 2.89. The molecular weight excluding hydrogens is 224 g/mol. The average molecular weight is 233 g/mol. The van der Waals surface area contributed by atoms with Gasteiger partial charge in [0.05, 0.1) is 10.2 Å². The fourth-order valence-electron chi connectivity index (χ4n) is 0.919. The predicted molar refractivity (Wildman–Crippen MR) is 51.8 cm³/mol. The Kier molecular flexibility index (Phi) is 3.27. The minimum atomic E-state index is 0.192. The summed E-state index contributed by atoms with van der Waals surface area (Å²) in [5, 5.41) is 2.40. The van der Waals surface area contributed by atoms with Crippen molar-refractivity contribution >= 4 is 33.0 Å². The Morgan fingerprint density at radius 1 is 1.73 bits per heavy atom. The lowest BCUT2D eigenvalue weighted by atomic mass is 10.2. The molecule has 1 heterocycles. The highest BCUT2D eigenvalue weighted by Crippen LogP contribution is 2.18. The summed E-state index contributed by atoms with van der Waals surface area (Å²) in [5.74, 6) is 0.192. The lowest BCUT2D eigenvalue weighted by Crippen LogP contribution is -1.99. The minimum Gasteiger partial charge on any atom is -0.292 e. The molecule has 0 atom stereocenters. The molecule has 0 unspecified atom stereocenters. The van der Waals surface area contributed by atoms with Crippen molar-refractivity contribution in [2.75, 3.05) is 5.33 Å². The van der Waals surface area contributed by atoms with Crippen molar-refractivity contribution in [3.8, 4) is 0 Å². The third-order valence-electron chi connectivity index (χ3n) is 1.50. The highest BCUT2D eigenvalue weighted by atomic mass is 79.9. The van der Waals surface area contributed by atoms with Gasteiger partial charge in [0.25, 0.3) is 0 Å². The third-order valence-corrected chi connectivity index (χ3v) is 3.01. The van der Waals surface area contributed by atoms with Gasteiger partial charge in [-0.1, -0.05) is 22.9 Å². The summed E-state index contributed by atoms with van der Waals surface area (Å²) < 4.78 is 0. The number of hydrogen-bond acceptors (Lipinski definition) is 2. The van der Waals surface area contributed by atoms with Crippen LogP contribution in [0.5, 0.6) is 0 Å². The highest BCUT2D eigenvalue weighted by molar-refractivity contribution is 9.09. The van der Waals surface area contributed by atoms with Gasteiger partial charge in [0.2, 0.25) is 0 Å². The summed E-state index contributed by atoms with van der Waals surface area (Å²) in [6.45, 7) is 2.06. The smallest absolute Gasteiger partial charge is 0.183 e. The number of thiophene rings is 1. The monoisotopic (exact) mass is 232 g/mol. The van der Waals surface area contributed by atoms with Crippen molar-refractivity contribution < 1.29 is 4.79 Å². The molecule has 1 rings (SSSR count). The van der Waals surface area contributed by atoms with Crippen LogP contribution < -0.4 is 0 Å². The van der Waals surface area contributed by atoms with E-state index in [4.69, 9.17) is 0 Å². The van der Waals surface area contributed by atoms with Crippen LogP contribution in [0.15, 0.2) is 11.4 Å². The van der Waals surface area contributed by atoms with Crippen LogP contribution in [0.25, 0.3) is 0 Å². The van der Waals surface area contributed by atoms with Gasteiger partial charge in [-0.2, -0.15) is 0 Å². The molecule has 60 valence electrons. The molecule has 0 amide bonds. The van der Waals surface area contributed by atoms with Gasteiger partial charge in [0.1, 0.15) is 0 Å². The van der Waals surface area contributed by atoms with Crippen LogP contribution >= 0.6 is 27.3 Å². The number of aryl methyl sites for hydroxylation is 1. The molecule has 0 bridgehead atoms. The standard InChI is InChI=1S/C8H9BrOS/c1-2-6-3-4-11-8(6)7(10)5-9/h3-4H,2,5H2,1H3. The van der Waals surface area contributed by atoms with Gasteiger partial charge < -0.3 is 0 Å². The van der Waals surface area contributed by atoms with Crippen LogP contribution in [-0.4, -0.2) is 11.1 Å². The minimum absolute atomic E-state index is 0.192. The number of alkyl halides is 1. The number of hydrogen-bond donors (Lipinski definition) is 0. The van der Waals surface area contributed by atoms with E-state index < -0.39 is 0 Å². The van der Waals surface area contributed by atoms with Crippen LogP contribution in [0.3, 0.4) is 0 Å². The topological polar surface area (TPSA) is 17.1 Å². The Morgan fingerprint density at radius 3 is 3.00 bits per heavy atom. The van der Waals surface area contributed by atoms with Crippen molar-refractivity contribution in [2.45, 2.75) is 13.3 Å². The number of carbonyl (C=O) groups excluding carboxylic acids is 1. The molecule has 0 spiro atoms. The van der Waals surface area contributed by atoms with Gasteiger partial charge in [-0.3, -0.25) is 4.79 Å². The lowest BCUT2D eigenvalue weighted by molar-refractivity contribution is 0.102. The molecule has 1 aromatic heterocycles. The second kappa shape index (κ2) is 4.02. The van der Waals surface area contributed by atoms with E-state index in [-0.39, 0.29) is 5.78 Å². The first kappa shape index (κ1) is 8.94. The van der Waals surface area contributed by atoms with Gasteiger partial charge in [0.15, 0.2) is 5.78 Å². The summed E-state index contributed by atoms with van der Waals surface area (Å²) in [5.41, 5.74) is 1.17. The summed E-state index contributed by atoms with van der Waals surface area (Å²) in [6, 6.07) is 2.01. The zero-order valence-corrected chi connectivity index (χ0v) is 8.67. The fourth-order valence-corrected chi connectivity index (χ4v) is 2.32. The first-order chi connectivity index (χ1) is 5.29. The van der Waals surface area contributed by atoms with Crippen LogP contribution in [0.1, 0.15) is 22.2 Å². The molecule has 0 saturated heterocycles. The zero-order valence-electron chi connectivity index (χ0n) is 6.26. The Morgan fingerprint density at radius 2 is 2.45 bits per heavy atom. The second-order valence-corrected chi connectivity index (χ2v) is 3.66. The van der Waals surface area contributed by atoms with E-state index >= 15 is 0 Å². The molecule has 1 aromatic rings. The summed E-state index contributed by atoms with van der Waals surface area (Å²) in [7, 11) is 0. The Hall–Kier alpha value is -0.150. The van der Waals surface area contributed by atoms with E-state index in [1.807, 2.05) is 11.4 Å². The van der Waals surface area contributed by atoms with Gasteiger partial charge in [0, 0.05) is 0 Å². The van der Waals surface area contributed by atoms with E-state index in [2.05, 4.69) is 22.9 Å². The van der Waals surface area contributed by atoms with Crippen molar-refractivity contribution in [1.29, 1.82) is 0 Å².